The molecule has 0 aliphatic carbocycles. The summed E-state index contributed by atoms with van der Waals surface area (Å²) in [4.78, 5) is 35.7. The first-order valence-electron chi connectivity index (χ1n) is 9.78. The molecule has 0 atom stereocenters. The smallest absolute Gasteiger partial charge is 0.275 e. The summed E-state index contributed by atoms with van der Waals surface area (Å²) in [6.07, 6.45) is 1.94. The third kappa shape index (κ3) is 4.53. The highest BCUT2D eigenvalue weighted by molar-refractivity contribution is 6.30. The molecular formula is C21H25ClFN5O2. The second-order valence-electron chi connectivity index (χ2n) is 8.17. The molecule has 160 valence electrons. The number of carbonyl (C=O) groups is 2. The number of aromatic nitrogens is 2. The average Bonchev–Trinajstić information content (AvgIpc) is 2.67. The highest BCUT2D eigenvalue weighted by Gasteiger charge is 2.41. The Morgan fingerprint density at radius 3 is 2.80 bits per heavy atom. The number of nitrogens with zero attached hydrogens (tertiary/aromatic N) is 3. The van der Waals surface area contributed by atoms with E-state index in [-0.39, 0.29) is 28.4 Å². The monoisotopic (exact) mass is 433 g/mol. The van der Waals surface area contributed by atoms with Crippen molar-refractivity contribution in [3.05, 3.63) is 46.6 Å². The number of nitrogens with one attached hydrogen (secondary N) is 2. The summed E-state index contributed by atoms with van der Waals surface area (Å²) >= 11 is 5.75. The molecule has 2 aromatic rings. The minimum Gasteiger partial charge on any atom is -0.352 e. The molecule has 2 heterocycles. The van der Waals surface area contributed by atoms with Gasteiger partial charge in [-0.3, -0.25) is 9.59 Å². The van der Waals surface area contributed by atoms with E-state index in [2.05, 4.69) is 20.6 Å². The average molecular weight is 434 g/mol. The second-order valence-corrected chi connectivity index (χ2v) is 8.58. The summed E-state index contributed by atoms with van der Waals surface area (Å²) in [5, 5.41) is 5.86. The molecular weight excluding hydrogens is 409 g/mol. The van der Waals surface area contributed by atoms with Gasteiger partial charge in [-0.25, -0.2) is 14.4 Å². The van der Waals surface area contributed by atoms with Gasteiger partial charge in [-0.15, -0.1) is 0 Å². The van der Waals surface area contributed by atoms with E-state index in [1.54, 1.807) is 19.9 Å². The number of halogens is 2. The van der Waals surface area contributed by atoms with E-state index in [1.165, 1.54) is 23.2 Å². The lowest BCUT2D eigenvalue weighted by molar-refractivity contribution is -0.133. The molecule has 7 nitrogen and oxygen atoms in total. The molecule has 0 spiro atoms. The first kappa shape index (κ1) is 22.0. The summed E-state index contributed by atoms with van der Waals surface area (Å²) in [5.74, 6) is -0.406. The Bertz CT molecular complexity index is 980. The van der Waals surface area contributed by atoms with Crippen LogP contribution in [-0.2, 0) is 11.2 Å². The maximum absolute atomic E-state index is 13.8. The number of benzene rings is 1. The lowest BCUT2D eigenvalue weighted by Crippen LogP contribution is -2.63. The summed E-state index contributed by atoms with van der Waals surface area (Å²) in [7, 11) is 0. The molecule has 0 bridgehead atoms. The molecule has 0 unspecified atom stereocenters. The normalized spacial score (nSPS) is 15.8. The number of piperazine rings is 1. The van der Waals surface area contributed by atoms with Gasteiger partial charge >= 0.3 is 0 Å². The van der Waals surface area contributed by atoms with Gasteiger partial charge < -0.3 is 15.5 Å². The number of carbonyl (C=O) groups excluding carboxylic acids is 2. The van der Waals surface area contributed by atoms with Gasteiger partial charge in [0.1, 0.15) is 17.1 Å². The van der Waals surface area contributed by atoms with Gasteiger partial charge in [0.05, 0.1) is 16.9 Å². The van der Waals surface area contributed by atoms with Crippen LogP contribution < -0.4 is 10.6 Å². The summed E-state index contributed by atoms with van der Waals surface area (Å²) in [6, 6.07) is 4.37. The molecule has 1 aromatic carbocycles. The summed E-state index contributed by atoms with van der Waals surface area (Å²) < 4.78 is 13.8. The first-order chi connectivity index (χ1) is 14.1. The van der Waals surface area contributed by atoms with Crippen LogP contribution in [0.2, 0.25) is 5.02 Å². The van der Waals surface area contributed by atoms with Crippen LogP contribution in [0.25, 0.3) is 0 Å². The van der Waals surface area contributed by atoms with E-state index >= 15 is 0 Å². The van der Waals surface area contributed by atoms with E-state index in [4.69, 9.17) is 11.6 Å². The van der Waals surface area contributed by atoms with E-state index < -0.39 is 11.4 Å². The molecule has 30 heavy (non-hydrogen) atoms. The fourth-order valence-corrected chi connectivity index (χ4v) is 3.39. The van der Waals surface area contributed by atoms with Crippen molar-refractivity contribution in [2.24, 2.45) is 5.92 Å². The number of hydrogen-bond donors (Lipinski definition) is 2. The molecule has 0 saturated carbocycles. The lowest BCUT2D eigenvalue weighted by atomic mass is 9.98. The molecule has 9 heteroatoms. The SMILES string of the molecule is CC(C)Cc1nc(C(=O)N2CCNC(=O)C2(C)C)cnc1Nc1ccc(Cl)c(F)c1. The van der Waals surface area contributed by atoms with Gasteiger partial charge in [0, 0.05) is 18.8 Å². The number of rotatable bonds is 5. The second kappa shape index (κ2) is 8.55. The predicted molar refractivity (Wildman–Crippen MR) is 113 cm³/mol. The first-order valence-corrected chi connectivity index (χ1v) is 10.2. The van der Waals surface area contributed by atoms with Crippen molar-refractivity contribution < 1.29 is 14.0 Å². The van der Waals surface area contributed by atoms with Crippen molar-refractivity contribution in [2.75, 3.05) is 18.4 Å². The topological polar surface area (TPSA) is 87.2 Å². The van der Waals surface area contributed by atoms with E-state index in [0.717, 1.165) is 0 Å². The number of anilines is 2. The number of amides is 2. The van der Waals surface area contributed by atoms with Crippen molar-refractivity contribution in [1.82, 2.24) is 20.2 Å². The molecule has 3 rings (SSSR count). The van der Waals surface area contributed by atoms with Crippen LogP contribution in [0.4, 0.5) is 15.9 Å². The van der Waals surface area contributed by atoms with E-state index in [0.29, 0.717) is 36.7 Å². The van der Waals surface area contributed by atoms with Gasteiger partial charge in [0.15, 0.2) is 5.82 Å². The standard InChI is InChI=1S/C21H25ClFN5O2/c1-12(2)9-16-18(26-13-5-6-14(22)15(23)10-13)25-11-17(27-16)19(29)28-8-7-24-20(30)21(28,3)4/h5-6,10-12H,7-9H2,1-4H3,(H,24,30)(H,25,26). The van der Waals surface area contributed by atoms with Crippen LogP contribution in [0, 0.1) is 11.7 Å². The Balaban J connectivity index is 1.92. The molecule has 2 N–H and O–H groups in total. The maximum atomic E-state index is 13.8. The Hall–Kier alpha value is -2.74. The molecule has 1 aliphatic heterocycles. The maximum Gasteiger partial charge on any atom is 0.275 e. The fraction of sp³-hybridized carbons (Fsp3) is 0.429. The van der Waals surface area contributed by atoms with Crippen LogP contribution in [0.5, 0.6) is 0 Å². The van der Waals surface area contributed by atoms with Crippen LogP contribution in [0.1, 0.15) is 43.9 Å². The summed E-state index contributed by atoms with van der Waals surface area (Å²) in [6.45, 7) is 8.24. The molecule has 1 saturated heterocycles. The molecule has 1 aromatic heterocycles. The van der Waals surface area contributed by atoms with Crippen molar-refractivity contribution in [1.29, 1.82) is 0 Å². The zero-order valence-electron chi connectivity index (χ0n) is 17.4. The largest absolute Gasteiger partial charge is 0.352 e. The zero-order chi connectivity index (χ0) is 22.1. The third-order valence-electron chi connectivity index (χ3n) is 4.94. The zero-order valence-corrected chi connectivity index (χ0v) is 18.2. The Labute approximate surface area is 180 Å². The quantitative estimate of drug-likeness (QED) is 0.752. The molecule has 0 radical (unpaired) electrons. The van der Waals surface area contributed by atoms with Gasteiger partial charge in [0.25, 0.3) is 5.91 Å². The molecule has 1 aliphatic rings. The third-order valence-corrected chi connectivity index (χ3v) is 5.25. The highest BCUT2D eigenvalue weighted by Crippen LogP contribution is 2.25. The van der Waals surface area contributed by atoms with Crippen molar-refractivity contribution in [3.63, 3.8) is 0 Å². The van der Waals surface area contributed by atoms with Gasteiger partial charge in [-0.1, -0.05) is 25.4 Å². The number of hydrogen-bond acceptors (Lipinski definition) is 5. The Morgan fingerprint density at radius 2 is 2.13 bits per heavy atom. The van der Waals surface area contributed by atoms with Crippen LogP contribution >= 0.6 is 11.6 Å². The Morgan fingerprint density at radius 1 is 1.40 bits per heavy atom. The van der Waals surface area contributed by atoms with Crippen molar-refractivity contribution >= 4 is 34.9 Å². The molecule has 1 fully saturated rings. The fourth-order valence-electron chi connectivity index (χ4n) is 3.27. The minimum absolute atomic E-state index is 0.0307. The van der Waals surface area contributed by atoms with Crippen molar-refractivity contribution in [3.8, 4) is 0 Å². The molecule has 2 amide bonds. The highest BCUT2D eigenvalue weighted by atomic mass is 35.5. The van der Waals surface area contributed by atoms with Crippen LogP contribution in [0.3, 0.4) is 0 Å². The Kier molecular flexibility index (Phi) is 6.26. The van der Waals surface area contributed by atoms with E-state index in [9.17, 15) is 14.0 Å². The minimum atomic E-state index is -0.979. The predicted octanol–water partition coefficient (Wildman–Crippen LogP) is 3.56. The summed E-state index contributed by atoms with van der Waals surface area (Å²) in [5.41, 5.74) is 0.253. The van der Waals surface area contributed by atoms with Gasteiger partial charge in [-0.05, 0) is 44.4 Å². The van der Waals surface area contributed by atoms with Gasteiger partial charge in [-0.2, -0.15) is 0 Å². The van der Waals surface area contributed by atoms with Crippen LogP contribution in [0.15, 0.2) is 24.4 Å². The van der Waals surface area contributed by atoms with Crippen molar-refractivity contribution in [2.45, 2.75) is 39.7 Å². The lowest BCUT2D eigenvalue weighted by Gasteiger charge is -2.40. The van der Waals surface area contributed by atoms with Gasteiger partial charge in [0.2, 0.25) is 5.91 Å². The van der Waals surface area contributed by atoms with Crippen LogP contribution in [-0.4, -0.2) is 45.3 Å². The van der Waals surface area contributed by atoms with E-state index in [1.807, 2.05) is 13.8 Å².